The summed E-state index contributed by atoms with van der Waals surface area (Å²) in [6, 6.07) is 17.3. The van der Waals surface area contributed by atoms with Gasteiger partial charge >= 0.3 is 6.01 Å². The number of ether oxygens (including phenoxy) is 1. The second-order valence-electron chi connectivity index (χ2n) is 18.9. The molecule has 5 aromatic rings. The highest BCUT2D eigenvalue weighted by atomic mass is 19.1. The Kier molecular flexibility index (Phi) is 16.6. The molecule has 2 aromatic heterocycles. The molecule has 71 heavy (non-hydrogen) atoms. The lowest BCUT2D eigenvalue weighted by molar-refractivity contribution is -0.124. The number of methoxy groups -OCH3 is 1. The number of anilines is 1. The predicted octanol–water partition coefficient (Wildman–Crippen LogP) is 6.42. The summed E-state index contributed by atoms with van der Waals surface area (Å²) in [5, 5.41) is 18.6. The van der Waals surface area contributed by atoms with Gasteiger partial charge in [-0.2, -0.15) is 9.97 Å². The van der Waals surface area contributed by atoms with Gasteiger partial charge in [-0.1, -0.05) is 58.0 Å². The molecule has 0 saturated carbocycles. The van der Waals surface area contributed by atoms with Crippen LogP contribution in [0.2, 0.25) is 0 Å². The van der Waals surface area contributed by atoms with Crippen molar-refractivity contribution in [3.05, 3.63) is 83.3 Å². The lowest BCUT2D eigenvalue weighted by atomic mass is 10.00. The van der Waals surface area contributed by atoms with E-state index in [1.165, 1.54) is 52.6 Å². The van der Waals surface area contributed by atoms with Crippen molar-refractivity contribution in [2.75, 3.05) is 71.4 Å². The van der Waals surface area contributed by atoms with E-state index < -0.39 is 29.6 Å². The van der Waals surface area contributed by atoms with Crippen molar-refractivity contribution in [2.24, 2.45) is 0 Å². The SMILES string of the molecule is CC.CCC1CN(c2nc(OC)nc3c(F)c(-c4cc(O)cc5ccccc45)ncc23)CC(CC)N1.CNC(=O)C(CCC=O)N1C(=O)c2ccc(CN3CCN(C4CC5CCCN5C4)CC3)cc2C1=O. The lowest BCUT2D eigenvalue weighted by Gasteiger charge is -2.39. The number of hydrogen-bond donors (Lipinski definition) is 3. The minimum atomic E-state index is -0.986. The summed E-state index contributed by atoms with van der Waals surface area (Å²) >= 11 is 0. The summed E-state index contributed by atoms with van der Waals surface area (Å²) in [5.41, 5.74) is 2.45. The molecular weight excluding hydrogens is 904 g/mol. The smallest absolute Gasteiger partial charge is 0.318 e. The number of likely N-dealkylation sites (N-methyl/N-ethyl adjacent to an activating group) is 1. The number of hydrogen-bond acceptors (Lipinski definition) is 14. The number of imide groups is 1. The molecule has 0 aliphatic carbocycles. The van der Waals surface area contributed by atoms with Crippen LogP contribution in [-0.2, 0) is 16.1 Å². The molecule has 378 valence electrons. The number of benzene rings is 3. The number of pyridine rings is 1. The van der Waals surface area contributed by atoms with Crippen molar-refractivity contribution in [1.82, 2.24) is 45.2 Å². The summed E-state index contributed by atoms with van der Waals surface area (Å²) in [7, 11) is 2.94. The number of aromatic nitrogens is 3. The van der Waals surface area contributed by atoms with E-state index >= 15 is 4.39 Å². The summed E-state index contributed by atoms with van der Waals surface area (Å²) in [6.07, 6.45) is 8.52. The topological polar surface area (TPSA) is 177 Å². The summed E-state index contributed by atoms with van der Waals surface area (Å²) < 4.78 is 21.4. The number of aldehydes is 1. The zero-order valence-electron chi connectivity index (χ0n) is 42.0. The Balaban J connectivity index is 0.000000184. The highest BCUT2D eigenvalue weighted by molar-refractivity contribution is 6.23. The molecule has 5 aliphatic rings. The molecule has 3 aromatic carbocycles. The van der Waals surface area contributed by atoms with E-state index in [2.05, 4.69) is 59.0 Å². The molecule has 4 fully saturated rings. The summed E-state index contributed by atoms with van der Waals surface area (Å²) in [5.74, 6) is -1.27. The van der Waals surface area contributed by atoms with Crippen molar-refractivity contribution in [2.45, 2.75) is 109 Å². The normalized spacial score (nSPS) is 21.8. The van der Waals surface area contributed by atoms with Gasteiger partial charge in [0.05, 0.1) is 23.6 Å². The Morgan fingerprint density at radius 3 is 2.32 bits per heavy atom. The minimum absolute atomic E-state index is 0.0491. The Hall–Kier alpha value is -6.14. The molecule has 5 atom stereocenters. The van der Waals surface area contributed by atoms with Gasteiger partial charge in [0.15, 0.2) is 5.82 Å². The van der Waals surface area contributed by atoms with E-state index in [-0.39, 0.29) is 35.8 Å². The van der Waals surface area contributed by atoms with Crippen molar-refractivity contribution in [3.8, 4) is 23.0 Å². The number of phenols is 1. The molecule has 7 heterocycles. The maximum Gasteiger partial charge on any atom is 0.318 e. The fraction of sp³-hybridized carbons (Fsp3) is 0.500. The molecule has 4 saturated heterocycles. The molecule has 0 radical (unpaired) electrons. The summed E-state index contributed by atoms with van der Waals surface area (Å²) in [4.78, 5) is 73.8. The van der Waals surface area contributed by atoms with Gasteiger partial charge in [0, 0.05) is 102 Å². The molecule has 5 aliphatic heterocycles. The zero-order valence-corrected chi connectivity index (χ0v) is 42.0. The molecule has 3 N–H and O–H groups in total. The number of phenolic OH excluding ortho intramolecular Hbond substituents is 1. The highest BCUT2D eigenvalue weighted by Gasteiger charge is 2.43. The fourth-order valence-corrected chi connectivity index (χ4v) is 11.1. The van der Waals surface area contributed by atoms with Gasteiger partial charge in [-0.25, -0.2) is 4.39 Å². The number of aromatic hydroxyl groups is 1. The highest BCUT2D eigenvalue weighted by Crippen LogP contribution is 2.38. The first-order chi connectivity index (χ1) is 34.5. The lowest BCUT2D eigenvalue weighted by Crippen LogP contribution is -2.56. The van der Waals surface area contributed by atoms with Crippen molar-refractivity contribution in [1.29, 1.82) is 0 Å². The van der Waals surface area contributed by atoms with E-state index in [1.807, 2.05) is 44.2 Å². The number of halogens is 1. The van der Waals surface area contributed by atoms with E-state index in [0.717, 1.165) is 85.9 Å². The molecule has 16 nitrogen and oxygen atoms in total. The molecule has 0 spiro atoms. The number of carbonyl (C=O) groups excluding carboxylic acids is 4. The quantitative estimate of drug-likeness (QED) is 0.0870. The Labute approximate surface area is 415 Å². The van der Waals surface area contributed by atoms with Crippen molar-refractivity contribution in [3.63, 3.8) is 0 Å². The van der Waals surface area contributed by atoms with Crippen LogP contribution in [0.15, 0.2) is 60.8 Å². The van der Waals surface area contributed by atoms with Crippen LogP contribution in [-0.4, -0.2) is 160 Å². The van der Waals surface area contributed by atoms with E-state index in [1.54, 1.807) is 24.4 Å². The van der Waals surface area contributed by atoms with Gasteiger partial charge in [0.25, 0.3) is 11.8 Å². The maximum atomic E-state index is 16.0. The van der Waals surface area contributed by atoms with Crippen LogP contribution in [0.5, 0.6) is 11.8 Å². The molecule has 5 unspecified atom stereocenters. The van der Waals surface area contributed by atoms with Gasteiger partial charge in [0.1, 0.15) is 35.1 Å². The Morgan fingerprint density at radius 2 is 1.63 bits per heavy atom. The van der Waals surface area contributed by atoms with Crippen LogP contribution in [0, 0.1) is 5.82 Å². The first-order valence-corrected chi connectivity index (χ1v) is 25.5. The van der Waals surface area contributed by atoms with Gasteiger partial charge in [-0.05, 0) is 85.7 Å². The Bertz CT molecular complexity index is 2710. The van der Waals surface area contributed by atoms with Crippen LogP contribution in [0.1, 0.15) is 98.9 Å². The van der Waals surface area contributed by atoms with Gasteiger partial charge in [-0.3, -0.25) is 39.0 Å². The first-order valence-electron chi connectivity index (χ1n) is 25.5. The molecule has 0 bridgehead atoms. The maximum absolute atomic E-state index is 16.0. The minimum Gasteiger partial charge on any atom is -0.508 e. The van der Waals surface area contributed by atoms with E-state index in [9.17, 15) is 24.3 Å². The third-order valence-electron chi connectivity index (χ3n) is 14.8. The zero-order chi connectivity index (χ0) is 50.3. The predicted molar refractivity (Wildman–Crippen MR) is 273 cm³/mol. The van der Waals surface area contributed by atoms with Crippen LogP contribution in [0.4, 0.5) is 10.2 Å². The second-order valence-corrected chi connectivity index (χ2v) is 18.9. The number of rotatable bonds is 13. The number of piperazine rings is 2. The van der Waals surface area contributed by atoms with Crippen molar-refractivity contribution >= 4 is 51.5 Å². The number of amides is 3. The van der Waals surface area contributed by atoms with Crippen LogP contribution < -0.4 is 20.3 Å². The average Bonchev–Trinajstić information content (AvgIpc) is 4.09. The van der Waals surface area contributed by atoms with E-state index in [0.29, 0.717) is 52.3 Å². The third-order valence-corrected chi connectivity index (χ3v) is 14.8. The number of fused-ring (bicyclic) bond motifs is 4. The van der Waals surface area contributed by atoms with E-state index in [4.69, 9.17) is 4.74 Å². The van der Waals surface area contributed by atoms with Gasteiger partial charge < -0.3 is 30.2 Å². The fourth-order valence-electron chi connectivity index (χ4n) is 11.1. The second kappa shape index (κ2) is 22.9. The molecule has 17 heteroatoms. The van der Waals surface area contributed by atoms with Crippen molar-refractivity contribution < 1.29 is 33.4 Å². The molecule has 10 rings (SSSR count). The average molecular weight is 973 g/mol. The molecular formula is C54H69FN10O6. The van der Waals surface area contributed by atoms with Gasteiger partial charge in [-0.15, -0.1) is 0 Å². The number of carbonyl (C=O) groups is 4. The monoisotopic (exact) mass is 973 g/mol. The van der Waals surface area contributed by atoms with Crippen LogP contribution in [0.3, 0.4) is 0 Å². The van der Waals surface area contributed by atoms with Crippen LogP contribution in [0.25, 0.3) is 32.9 Å². The summed E-state index contributed by atoms with van der Waals surface area (Å²) in [6.45, 7) is 17.1. The standard InChI is InChI=1S/C26H28FN5O2.C26H35N5O4.C2H6/c1-4-16-13-32(14-17(5-2)29-16)25-21-12-28-23(22(27)24(21)30-26(31-25)34-3)20-11-18(33)10-15-8-6-7-9-19(15)20;1-27-24(33)23(5-3-13-32)31-25(34)21-7-6-18(14-22(21)26(31)35)16-28-9-11-29(12-10-28)20-15-19-4-2-8-30(19)17-20;1-2/h6-12,16-17,29,33H,4-5,13-14H2,1-3H3;6-7,13-14,19-20,23H,2-5,8-12,15-17H2,1H3,(H,27,33);1-2H3. The number of nitrogens with zero attached hydrogens (tertiary/aromatic N) is 8. The van der Waals surface area contributed by atoms with Crippen LogP contribution >= 0.6 is 0 Å². The first kappa shape index (κ1) is 51.2. The molecule has 3 amide bonds. The third kappa shape index (κ3) is 10.7. The van der Waals surface area contributed by atoms with Gasteiger partial charge in [0.2, 0.25) is 5.91 Å². The Morgan fingerprint density at radius 1 is 0.901 bits per heavy atom. The largest absolute Gasteiger partial charge is 0.508 e. The number of nitrogens with one attached hydrogen (secondary N) is 2.